The maximum Gasteiger partial charge on any atom is 0.175 e. The minimum absolute atomic E-state index is 0.220. The third kappa shape index (κ3) is 4.19. The zero-order valence-electron chi connectivity index (χ0n) is 11.1. The summed E-state index contributed by atoms with van der Waals surface area (Å²) in [7, 11) is -0.776. The van der Waals surface area contributed by atoms with Crippen LogP contribution in [0.3, 0.4) is 0 Å². The monoisotopic (exact) mass is 347 g/mol. The second-order valence-corrected chi connectivity index (χ2v) is 6.96. The highest BCUT2D eigenvalue weighted by atomic mass is 79.9. The van der Waals surface area contributed by atoms with Crippen molar-refractivity contribution < 1.29 is 13.7 Å². The predicted octanol–water partition coefficient (Wildman–Crippen LogP) is 2.08. The van der Waals surface area contributed by atoms with Crippen molar-refractivity contribution in [3.63, 3.8) is 0 Å². The van der Waals surface area contributed by atoms with Crippen molar-refractivity contribution in [2.45, 2.75) is 19.5 Å². The van der Waals surface area contributed by atoms with Crippen LogP contribution in [0.15, 0.2) is 16.6 Å². The van der Waals surface area contributed by atoms with E-state index in [-0.39, 0.29) is 6.04 Å². The first-order valence-corrected chi connectivity index (χ1v) is 8.69. The first-order chi connectivity index (χ1) is 9.06. The molecule has 1 aromatic rings. The zero-order chi connectivity index (χ0) is 13.8. The van der Waals surface area contributed by atoms with Crippen molar-refractivity contribution in [1.29, 1.82) is 0 Å². The van der Waals surface area contributed by atoms with E-state index in [1.54, 1.807) is 6.26 Å². The van der Waals surface area contributed by atoms with Crippen molar-refractivity contribution >= 4 is 26.7 Å². The van der Waals surface area contributed by atoms with Crippen LogP contribution < -0.4 is 14.8 Å². The molecule has 1 aliphatic rings. The molecule has 19 heavy (non-hydrogen) atoms. The van der Waals surface area contributed by atoms with E-state index in [0.717, 1.165) is 21.5 Å². The summed E-state index contributed by atoms with van der Waals surface area (Å²) in [5, 5.41) is 3.35. The quantitative estimate of drug-likeness (QED) is 0.885. The highest BCUT2D eigenvalue weighted by molar-refractivity contribution is 9.10. The third-order valence-corrected chi connectivity index (χ3v) is 4.35. The first-order valence-electron chi connectivity index (χ1n) is 6.17. The van der Waals surface area contributed by atoms with E-state index in [9.17, 15) is 4.21 Å². The van der Waals surface area contributed by atoms with Gasteiger partial charge in [0.2, 0.25) is 0 Å². The lowest BCUT2D eigenvalue weighted by Crippen LogP contribution is -2.30. The average Bonchev–Trinajstić information content (AvgIpc) is 2.36. The molecule has 1 aromatic carbocycles. The van der Waals surface area contributed by atoms with Crippen LogP contribution >= 0.6 is 15.9 Å². The molecule has 2 unspecified atom stereocenters. The Balaban J connectivity index is 2.01. The van der Waals surface area contributed by atoms with Crippen LogP contribution in [0.5, 0.6) is 11.5 Å². The Hall–Kier alpha value is -0.590. The van der Waals surface area contributed by atoms with Gasteiger partial charge in [0.1, 0.15) is 13.2 Å². The standard InChI is InChI=1S/C13H18BrNO3S/c1-9(8-19(2)16)15-7-10-5-11(14)13-12(6-10)17-3-4-18-13/h5-6,9,15H,3-4,7-8H2,1-2H3. The SMILES string of the molecule is CC(CS(C)=O)NCc1cc(Br)c2c(c1)OCCO2. The fraction of sp³-hybridized carbons (Fsp3) is 0.538. The first kappa shape index (κ1) is 14.8. The van der Waals surface area contributed by atoms with Gasteiger partial charge in [0, 0.05) is 35.4 Å². The fourth-order valence-corrected chi connectivity index (χ4v) is 3.40. The van der Waals surface area contributed by atoms with Crippen molar-refractivity contribution in [2.24, 2.45) is 0 Å². The Morgan fingerprint density at radius 2 is 2.16 bits per heavy atom. The molecule has 106 valence electrons. The normalized spacial score (nSPS) is 17.0. The Bertz CT molecular complexity index is 481. The molecule has 1 heterocycles. The molecule has 0 aliphatic carbocycles. The molecular weight excluding hydrogens is 330 g/mol. The largest absolute Gasteiger partial charge is 0.486 e. The molecule has 1 aliphatic heterocycles. The summed E-state index contributed by atoms with van der Waals surface area (Å²) in [6.07, 6.45) is 1.72. The van der Waals surface area contributed by atoms with Gasteiger partial charge in [-0.25, -0.2) is 0 Å². The van der Waals surface area contributed by atoms with Crippen LogP contribution in [-0.4, -0.2) is 35.5 Å². The Morgan fingerprint density at radius 3 is 2.89 bits per heavy atom. The van der Waals surface area contributed by atoms with Crippen LogP contribution in [0.4, 0.5) is 0 Å². The zero-order valence-corrected chi connectivity index (χ0v) is 13.5. The van der Waals surface area contributed by atoms with E-state index in [1.807, 2.05) is 19.1 Å². The van der Waals surface area contributed by atoms with Gasteiger partial charge >= 0.3 is 0 Å². The average molecular weight is 348 g/mol. The minimum Gasteiger partial charge on any atom is -0.486 e. The fourth-order valence-electron chi connectivity index (χ4n) is 1.97. The molecule has 0 bridgehead atoms. The molecule has 0 aromatic heterocycles. The van der Waals surface area contributed by atoms with Gasteiger partial charge < -0.3 is 14.8 Å². The molecule has 0 fully saturated rings. The smallest absolute Gasteiger partial charge is 0.175 e. The van der Waals surface area contributed by atoms with Crippen molar-refractivity contribution in [3.8, 4) is 11.5 Å². The Kier molecular flexibility index (Phi) is 5.24. The molecule has 0 saturated carbocycles. The van der Waals surface area contributed by atoms with Crippen LogP contribution in [0.1, 0.15) is 12.5 Å². The van der Waals surface area contributed by atoms with Gasteiger partial charge in [-0.1, -0.05) is 0 Å². The summed E-state index contributed by atoms with van der Waals surface area (Å²) in [5.74, 6) is 2.22. The third-order valence-electron chi connectivity index (χ3n) is 2.80. The van der Waals surface area contributed by atoms with Gasteiger partial charge in [0.25, 0.3) is 0 Å². The Morgan fingerprint density at radius 1 is 1.42 bits per heavy atom. The summed E-state index contributed by atoms with van der Waals surface area (Å²) in [6.45, 7) is 3.92. The van der Waals surface area contributed by atoms with Crippen LogP contribution in [0.2, 0.25) is 0 Å². The maximum absolute atomic E-state index is 11.1. The number of benzene rings is 1. The minimum atomic E-state index is -0.776. The molecule has 0 radical (unpaired) electrons. The molecule has 0 amide bonds. The van der Waals surface area contributed by atoms with Gasteiger partial charge in [0.15, 0.2) is 11.5 Å². The van der Waals surface area contributed by atoms with Crippen LogP contribution in [0, 0.1) is 0 Å². The van der Waals surface area contributed by atoms with Gasteiger partial charge in [0.05, 0.1) is 4.47 Å². The summed E-state index contributed by atoms with van der Waals surface area (Å²) < 4.78 is 23.2. The van der Waals surface area contributed by atoms with Crippen molar-refractivity contribution in [3.05, 3.63) is 22.2 Å². The Labute approximate surface area is 124 Å². The van der Waals surface area contributed by atoms with Gasteiger partial charge in [-0.2, -0.15) is 0 Å². The molecule has 1 N–H and O–H groups in total. The molecular formula is C13H18BrNO3S. The number of nitrogens with one attached hydrogen (secondary N) is 1. The molecule has 6 heteroatoms. The van der Waals surface area contributed by atoms with Crippen molar-refractivity contribution in [1.82, 2.24) is 5.32 Å². The second kappa shape index (κ2) is 6.72. The summed E-state index contributed by atoms with van der Waals surface area (Å²) in [6, 6.07) is 4.23. The lowest BCUT2D eigenvalue weighted by atomic mass is 10.2. The molecule has 0 saturated heterocycles. The number of hydrogen-bond donors (Lipinski definition) is 1. The van der Waals surface area contributed by atoms with Crippen LogP contribution in [-0.2, 0) is 17.3 Å². The molecule has 2 atom stereocenters. The summed E-state index contributed by atoms with van der Waals surface area (Å²) in [4.78, 5) is 0. The van der Waals surface area contributed by atoms with Gasteiger partial charge in [-0.15, -0.1) is 0 Å². The van der Waals surface area contributed by atoms with Crippen molar-refractivity contribution in [2.75, 3.05) is 25.2 Å². The number of halogens is 1. The molecule has 0 spiro atoms. The van der Waals surface area contributed by atoms with E-state index in [1.165, 1.54) is 0 Å². The number of rotatable bonds is 5. The highest BCUT2D eigenvalue weighted by Crippen LogP contribution is 2.38. The maximum atomic E-state index is 11.1. The summed E-state index contributed by atoms with van der Waals surface area (Å²) in [5.41, 5.74) is 1.12. The van der Waals surface area contributed by atoms with Crippen LogP contribution in [0.25, 0.3) is 0 Å². The summed E-state index contributed by atoms with van der Waals surface area (Å²) >= 11 is 3.50. The van der Waals surface area contributed by atoms with E-state index in [4.69, 9.17) is 9.47 Å². The van der Waals surface area contributed by atoms with E-state index in [0.29, 0.717) is 25.5 Å². The second-order valence-electron chi connectivity index (χ2n) is 4.62. The number of ether oxygens (including phenoxy) is 2. The molecule has 4 nitrogen and oxygen atoms in total. The van der Waals surface area contributed by atoms with E-state index < -0.39 is 10.8 Å². The topological polar surface area (TPSA) is 47.6 Å². The number of fused-ring (bicyclic) bond motifs is 1. The molecule has 2 rings (SSSR count). The van der Waals surface area contributed by atoms with Gasteiger partial charge in [-0.3, -0.25) is 4.21 Å². The highest BCUT2D eigenvalue weighted by Gasteiger charge is 2.16. The predicted molar refractivity (Wildman–Crippen MR) is 80.4 cm³/mol. The number of hydrogen-bond acceptors (Lipinski definition) is 4. The lowest BCUT2D eigenvalue weighted by Gasteiger charge is -2.21. The van der Waals surface area contributed by atoms with E-state index in [2.05, 4.69) is 21.2 Å². The van der Waals surface area contributed by atoms with E-state index >= 15 is 0 Å². The van der Waals surface area contributed by atoms with Gasteiger partial charge in [-0.05, 0) is 40.5 Å². The lowest BCUT2D eigenvalue weighted by molar-refractivity contribution is 0.170.